The first-order valence-corrected chi connectivity index (χ1v) is 10.4. The van der Waals surface area contributed by atoms with E-state index in [1.165, 1.54) is 0 Å². The smallest absolute Gasteiger partial charge is 0.259 e. The van der Waals surface area contributed by atoms with E-state index >= 15 is 0 Å². The van der Waals surface area contributed by atoms with Crippen molar-refractivity contribution >= 4 is 22.7 Å². The van der Waals surface area contributed by atoms with Gasteiger partial charge >= 0.3 is 0 Å². The molecule has 3 heterocycles. The van der Waals surface area contributed by atoms with Crippen molar-refractivity contribution in [1.82, 2.24) is 19.6 Å². The molecule has 0 saturated carbocycles. The van der Waals surface area contributed by atoms with Crippen molar-refractivity contribution in [3.8, 4) is 11.1 Å². The molecule has 0 aliphatic carbocycles. The molecule has 0 bridgehead atoms. The van der Waals surface area contributed by atoms with Crippen LogP contribution in [0, 0.1) is 0 Å². The molecule has 2 fully saturated rings. The number of aliphatic hydroxyl groups is 1. The highest BCUT2D eigenvalue weighted by atomic mass is 16.5. The summed E-state index contributed by atoms with van der Waals surface area (Å²) in [6, 6.07) is 13.7. The van der Waals surface area contributed by atoms with E-state index in [1.807, 2.05) is 49.6 Å². The Hall–Kier alpha value is -3.23. The van der Waals surface area contributed by atoms with Crippen LogP contribution in [-0.4, -0.2) is 81.5 Å². The molecule has 2 aromatic carbocycles. The lowest BCUT2D eigenvalue weighted by Crippen LogP contribution is -2.64. The lowest BCUT2D eigenvalue weighted by Gasteiger charge is -2.42. The average Bonchev–Trinajstić information content (AvgIpc) is 3.16. The maximum atomic E-state index is 12.9. The van der Waals surface area contributed by atoms with E-state index in [0.717, 1.165) is 22.0 Å². The Bertz CT molecular complexity index is 1140. The Morgan fingerprint density at radius 3 is 2.26 bits per heavy atom. The number of rotatable bonds is 3. The molecule has 5 rings (SSSR count). The Morgan fingerprint density at radius 1 is 0.968 bits per heavy atom. The number of nitrogens with zero attached hydrogens (tertiary/aromatic N) is 4. The summed E-state index contributed by atoms with van der Waals surface area (Å²) in [5.41, 5.74) is 2.24. The van der Waals surface area contributed by atoms with Gasteiger partial charge in [-0.05, 0) is 29.3 Å². The number of benzene rings is 2. The highest BCUT2D eigenvalue weighted by Gasteiger charge is 2.46. The lowest BCUT2D eigenvalue weighted by molar-refractivity contribution is -0.201. The highest BCUT2D eigenvalue weighted by Crippen LogP contribution is 2.25. The predicted molar refractivity (Wildman–Crippen MR) is 114 cm³/mol. The summed E-state index contributed by atoms with van der Waals surface area (Å²) in [5, 5.41) is 15.7. The summed E-state index contributed by atoms with van der Waals surface area (Å²) in [6.07, 6.45) is 1.98. The fraction of sp³-hybridized carbons (Fsp3) is 0.348. The molecular weight excluding hydrogens is 396 g/mol. The SMILES string of the molecule is Cn1cc2ccc(-c3ccc(C(=O)N4CCN(C(=O)C5(O)COC5)CC4)cc3)cc2n1. The molecule has 160 valence electrons. The van der Waals surface area contributed by atoms with Gasteiger partial charge in [0.1, 0.15) is 0 Å². The molecule has 8 nitrogen and oxygen atoms in total. The van der Waals surface area contributed by atoms with Crippen molar-refractivity contribution in [2.45, 2.75) is 5.60 Å². The Kier molecular flexibility index (Phi) is 4.75. The number of carbonyl (C=O) groups excluding carboxylic acids is 2. The van der Waals surface area contributed by atoms with Gasteiger partial charge in [0.15, 0.2) is 5.60 Å². The second-order valence-electron chi connectivity index (χ2n) is 8.26. The number of hydrogen-bond donors (Lipinski definition) is 1. The highest BCUT2D eigenvalue weighted by molar-refractivity contribution is 5.95. The molecule has 2 aliphatic heterocycles. The van der Waals surface area contributed by atoms with Gasteiger partial charge in [-0.15, -0.1) is 0 Å². The summed E-state index contributed by atoms with van der Waals surface area (Å²) in [7, 11) is 1.90. The average molecular weight is 420 g/mol. The number of ether oxygens (including phenoxy) is 1. The zero-order chi connectivity index (χ0) is 21.6. The molecule has 0 spiro atoms. The van der Waals surface area contributed by atoms with Crippen molar-refractivity contribution in [3.63, 3.8) is 0 Å². The third-order valence-corrected chi connectivity index (χ3v) is 6.02. The van der Waals surface area contributed by atoms with Gasteiger partial charge in [0.05, 0.1) is 18.7 Å². The second-order valence-corrected chi connectivity index (χ2v) is 8.26. The Balaban J connectivity index is 1.24. The van der Waals surface area contributed by atoms with Crippen LogP contribution in [0.1, 0.15) is 10.4 Å². The largest absolute Gasteiger partial charge is 0.376 e. The van der Waals surface area contributed by atoms with Gasteiger partial charge in [0.25, 0.3) is 11.8 Å². The van der Waals surface area contributed by atoms with Gasteiger partial charge in [-0.25, -0.2) is 0 Å². The van der Waals surface area contributed by atoms with Crippen LogP contribution in [0.5, 0.6) is 0 Å². The maximum Gasteiger partial charge on any atom is 0.259 e. The third kappa shape index (κ3) is 3.58. The molecule has 0 atom stereocenters. The predicted octanol–water partition coefficient (Wildman–Crippen LogP) is 1.29. The van der Waals surface area contributed by atoms with Crippen molar-refractivity contribution in [2.24, 2.45) is 7.05 Å². The monoisotopic (exact) mass is 420 g/mol. The van der Waals surface area contributed by atoms with Crippen LogP contribution in [0.25, 0.3) is 22.0 Å². The number of piperazine rings is 1. The molecule has 1 N–H and O–H groups in total. The van der Waals surface area contributed by atoms with Crippen LogP contribution >= 0.6 is 0 Å². The topological polar surface area (TPSA) is 87.9 Å². The van der Waals surface area contributed by atoms with E-state index in [1.54, 1.807) is 14.5 Å². The lowest BCUT2D eigenvalue weighted by atomic mass is 10.00. The molecule has 2 amide bonds. The molecule has 2 saturated heterocycles. The molecule has 31 heavy (non-hydrogen) atoms. The zero-order valence-corrected chi connectivity index (χ0v) is 17.3. The van der Waals surface area contributed by atoms with Gasteiger partial charge < -0.3 is 19.6 Å². The Morgan fingerprint density at radius 2 is 1.61 bits per heavy atom. The van der Waals surface area contributed by atoms with E-state index in [-0.39, 0.29) is 25.0 Å². The molecular formula is C23H24N4O4. The fourth-order valence-corrected chi connectivity index (χ4v) is 4.13. The molecule has 1 aromatic heterocycles. The van der Waals surface area contributed by atoms with Crippen LogP contribution < -0.4 is 0 Å². The van der Waals surface area contributed by atoms with E-state index < -0.39 is 5.60 Å². The zero-order valence-electron chi connectivity index (χ0n) is 17.3. The van der Waals surface area contributed by atoms with Crippen LogP contribution in [0.15, 0.2) is 48.7 Å². The van der Waals surface area contributed by atoms with Gasteiger partial charge in [-0.1, -0.05) is 24.3 Å². The molecule has 8 heteroatoms. The third-order valence-electron chi connectivity index (χ3n) is 6.02. The first-order chi connectivity index (χ1) is 14.9. The summed E-state index contributed by atoms with van der Waals surface area (Å²) < 4.78 is 6.76. The number of carbonyl (C=O) groups is 2. The number of amides is 2. The van der Waals surface area contributed by atoms with Crippen LogP contribution in [-0.2, 0) is 16.6 Å². The molecule has 3 aromatic rings. The van der Waals surface area contributed by atoms with E-state index in [9.17, 15) is 14.7 Å². The van der Waals surface area contributed by atoms with Crippen molar-refractivity contribution in [3.05, 3.63) is 54.2 Å². The first kappa shape index (κ1) is 19.7. The molecule has 0 radical (unpaired) electrons. The maximum absolute atomic E-state index is 12.9. The standard InChI is InChI=1S/C23H24N4O4/c1-25-13-19-7-6-18(12-20(19)24-25)16-2-4-17(5-3-16)21(28)26-8-10-27(11-9-26)22(29)23(30)14-31-15-23/h2-7,12-13,30H,8-11,14-15H2,1H3. The number of fused-ring (bicyclic) bond motifs is 1. The minimum Gasteiger partial charge on any atom is -0.376 e. The number of aryl methyl sites for hydroxylation is 1. The minimum atomic E-state index is -1.39. The number of hydrogen-bond acceptors (Lipinski definition) is 5. The van der Waals surface area contributed by atoms with Gasteiger partial charge in [-0.2, -0.15) is 5.10 Å². The summed E-state index contributed by atoms with van der Waals surface area (Å²) >= 11 is 0. The summed E-state index contributed by atoms with van der Waals surface area (Å²) in [5.74, 6) is -0.357. The normalized spacial score (nSPS) is 18.1. The molecule has 2 aliphatic rings. The van der Waals surface area contributed by atoms with Crippen LogP contribution in [0.3, 0.4) is 0 Å². The van der Waals surface area contributed by atoms with Crippen molar-refractivity contribution in [1.29, 1.82) is 0 Å². The molecule has 0 unspecified atom stereocenters. The number of aromatic nitrogens is 2. The fourth-order valence-electron chi connectivity index (χ4n) is 4.13. The minimum absolute atomic E-state index is 0.0462. The summed E-state index contributed by atoms with van der Waals surface area (Å²) in [4.78, 5) is 28.7. The van der Waals surface area contributed by atoms with Crippen molar-refractivity contribution < 1.29 is 19.4 Å². The quantitative estimate of drug-likeness (QED) is 0.690. The van der Waals surface area contributed by atoms with E-state index in [4.69, 9.17) is 4.74 Å². The van der Waals surface area contributed by atoms with Gasteiger partial charge in [0.2, 0.25) is 0 Å². The van der Waals surface area contributed by atoms with Crippen LogP contribution in [0.2, 0.25) is 0 Å². The Labute approximate surface area is 179 Å². The second kappa shape index (κ2) is 7.47. The van der Waals surface area contributed by atoms with E-state index in [0.29, 0.717) is 31.7 Å². The van der Waals surface area contributed by atoms with E-state index in [2.05, 4.69) is 11.2 Å². The van der Waals surface area contributed by atoms with Gasteiger partial charge in [-0.3, -0.25) is 14.3 Å². The summed E-state index contributed by atoms with van der Waals surface area (Å²) in [6.45, 7) is 1.80. The first-order valence-electron chi connectivity index (χ1n) is 10.4. The van der Waals surface area contributed by atoms with Crippen molar-refractivity contribution in [2.75, 3.05) is 39.4 Å². The van der Waals surface area contributed by atoms with Gasteiger partial charge in [0, 0.05) is 50.4 Å². The van der Waals surface area contributed by atoms with Crippen LogP contribution in [0.4, 0.5) is 0 Å².